The largest absolute Gasteiger partial charge is 0.495 e. The lowest BCUT2D eigenvalue weighted by Gasteiger charge is -2.23. The molecule has 0 radical (unpaired) electrons. The second-order valence-electron chi connectivity index (χ2n) is 6.73. The predicted octanol–water partition coefficient (Wildman–Crippen LogP) is 2.40. The summed E-state index contributed by atoms with van der Waals surface area (Å²) in [5.74, 6) is -0.619. The van der Waals surface area contributed by atoms with E-state index in [1.807, 2.05) is 6.92 Å². The van der Waals surface area contributed by atoms with Crippen molar-refractivity contribution in [1.29, 1.82) is 0 Å². The minimum Gasteiger partial charge on any atom is -0.495 e. The Morgan fingerprint density at radius 3 is 2.59 bits per heavy atom. The molecule has 32 heavy (non-hydrogen) atoms. The highest BCUT2D eigenvalue weighted by Gasteiger charge is 2.26. The van der Waals surface area contributed by atoms with Crippen LogP contribution in [0.5, 0.6) is 5.75 Å². The zero-order valence-corrected chi connectivity index (χ0v) is 19.0. The number of nitrogens with zero attached hydrogens (tertiary/aromatic N) is 3. The summed E-state index contributed by atoms with van der Waals surface area (Å²) in [6, 6.07) is 8.40. The number of ether oxygens (including phenoxy) is 1. The zero-order chi connectivity index (χ0) is 23.6. The molecule has 0 spiro atoms. The van der Waals surface area contributed by atoms with Crippen LogP contribution in [-0.4, -0.2) is 43.7 Å². The molecule has 0 atom stereocenters. The molecule has 2 aromatic carbocycles. The Labute approximate surface area is 187 Å². The summed E-state index contributed by atoms with van der Waals surface area (Å²) in [5, 5.41) is 13.7. The number of anilines is 2. The zero-order valence-electron chi connectivity index (χ0n) is 17.4. The van der Waals surface area contributed by atoms with Gasteiger partial charge in [0.15, 0.2) is 0 Å². The van der Waals surface area contributed by atoms with Crippen LogP contribution in [0.3, 0.4) is 0 Å². The van der Waals surface area contributed by atoms with Gasteiger partial charge >= 0.3 is 4.87 Å². The van der Waals surface area contributed by atoms with Gasteiger partial charge in [0.05, 0.1) is 28.5 Å². The van der Waals surface area contributed by atoms with Crippen molar-refractivity contribution in [3.63, 3.8) is 0 Å². The van der Waals surface area contributed by atoms with Gasteiger partial charge < -0.3 is 10.1 Å². The molecule has 1 heterocycles. The van der Waals surface area contributed by atoms with Gasteiger partial charge in [0.2, 0.25) is 15.9 Å². The van der Waals surface area contributed by atoms with Crippen LogP contribution in [0, 0.1) is 10.1 Å². The Kier molecular flexibility index (Phi) is 6.50. The number of sulfonamides is 1. The van der Waals surface area contributed by atoms with Gasteiger partial charge in [-0.15, -0.1) is 0 Å². The number of aromatic nitrogens is 1. The fourth-order valence-corrected chi connectivity index (χ4v) is 4.99. The molecule has 0 saturated heterocycles. The smallest absolute Gasteiger partial charge is 0.308 e. The molecule has 1 N–H and O–H groups in total. The minimum atomic E-state index is -3.99. The average Bonchev–Trinajstić information content (AvgIpc) is 3.04. The van der Waals surface area contributed by atoms with E-state index < -0.39 is 27.4 Å². The van der Waals surface area contributed by atoms with Crippen molar-refractivity contribution in [3.05, 3.63) is 56.2 Å². The van der Waals surface area contributed by atoms with Crippen LogP contribution < -0.4 is 19.2 Å². The molecule has 13 heteroatoms. The van der Waals surface area contributed by atoms with E-state index in [4.69, 9.17) is 4.74 Å². The van der Waals surface area contributed by atoms with Crippen LogP contribution in [-0.2, 0) is 21.4 Å². The highest BCUT2D eigenvalue weighted by atomic mass is 32.2. The Bertz CT molecular complexity index is 1360. The molecule has 0 aliphatic heterocycles. The number of benzene rings is 2. The second kappa shape index (κ2) is 8.96. The number of rotatable bonds is 8. The van der Waals surface area contributed by atoms with E-state index in [0.717, 1.165) is 33.5 Å². The second-order valence-corrected chi connectivity index (χ2v) is 9.63. The quantitative estimate of drug-likeness (QED) is 0.385. The van der Waals surface area contributed by atoms with Crippen LogP contribution in [0.4, 0.5) is 17.1 Å². The number of nitrogens with one attached hydrogen (secondary N) is 1. The van der Waals surface area contributed by atoms with E-state index in [0.29, 0.717) is 16.9 Å². The molecule has 1 aromatic heterocycles. The average molecular weight is 481 g/mol. The monoisotopic (exact) mass is 480 g/mol. The highest BCUT2D eigenvalue weighted by Crippen LogP contribution is 2.33. The number of carbonyl (C=O) groups is 1. The fourth-order valence-electron chi connectivity index (χ4n) is 3.14. The van der Waals surface area contributed by atoms with Crippen molar-refractivity contribution in [2.45, 2.75) is 13.5 Å². The molecule has 0 aliphatic carbocycles. The van der Waals surface area contributed by atoms with Gasteiger partial charge in [-0.25, -0.2) is 8.42 Å². The molecule has 0 unspecified atom stereocenters. The van der Waals surface area contributed by atoms with Crippen LogP contribution in [0.2, 0.25) is 0 Å². The topological polar surface area (TPSA) is 141 Å². The Morgan fingerprint density at radius 2 is 2.00 bits per heavy atom. The molecule has 0 fully saturated rings. The summed E-state index contributed by atoms with van der Waals surface area (Å²) in [7, 11) is -2.71. The summed E-state index contributed by atoms with van der Waals surface area (Å²) >= 11 is 1.04. The number of amides is 1. The van der Waals surface area contributed by atoms with Gasteiger partial charge in [-0.1, -0.05) is 11.3 Å². The summed E-state index contributed by atoms with van der Waals surface area (Å²) < 4.78 is 33.0. The van der Waals surface area contributed by atoms with Crippen molar-refractivity contribution < 1.29 is 22.9 Å². The molecule has 3 aromatic rings. The van der Waals surface area contributed by atoms with E-state index in [2.05, 4.69) is 5.32 Å². The number of thiazole rings is 1. The molecule has 11 nitrogen and oxygen atoms in total. The van der Waals surface area contributed by atoms with E-state index in [-0.39, 0.29) is 22.0 Å². The number of hydrogen-bond donors (Lipinski definition) is 1. The third-order valence-electron chi connectivity index (χ3n) is 4.60. The lowest BCUT2D eigenvalue weighted by Crippen LogP contribution is -2.37. The maximum absolute atomic E-state index is 12.7. The molecule has 1 amide bonds. The number of nitro benzene ring substituents is 1. The van der Waals surface area contributed by atoms with E-state index in [1.54, 1.807) is 22.8 Å². The molecular weight excluding hydrogens is 460 g/mol. The standard InChI is InChI=1S/C19H20N4O7S2/c1-4-21-14-7-5-12(9-17(14)31-19(21)25)20-18(24)11-22(32(3,28)29)15-10-13(23(26)27)6-8-16(15)30-2/h5-10H,4,11H2,1-3H3,(H,20,24). The molecule has 3 rings (SSSR count). The first-order valence-electron chi connectivity index (χ1n) is 9.28. The lowest BCUT2D eigenvalue weighted by atomic mass is 10.2. The molecule has 0 bridgehead atoms. The maximum Gasteiger partial charge on any atom is 0.308 e. The van der Waals surface area contributed by atoms with Crippen LogP contribution in [0.25, 0.3) is 10.2 Å². The summed E-state index contributed by atoms with van der Waals surface area (Å²) in [5.41, 5.74) is 0.634. The first-order chi connectivity index (χ1) is 15.0. The molecule has 0 aliphatic rings. The van der Waals surface area contributed by atoms with Gasteiger partial charge in [-0.05, 0) is 31.2 Å². The van der Waals surface area contributed by atoms with Gasteiger partial charge in [0.25, 0.3) is 5.69 Å². The number of nitro groups is 1. The normalized spacial score (nSPS) is 11.3. The summed E-state index contributed by atoms with van der Waals surface area (Å²) in [6.07, 6.45) is 0.884. The highest BCUT2D eigenvalue weighted by molar-refractivity contribution is 7.92. The molecule has 170 valence electrons. The van der Waals surface area contributed by atoms with Crippen LogP contribution >= 0.6 is 11.3 Å². The Hall–Kier alpha value is -3.45. The van der Waals surface area contributed by atoms with Crippen molar-refractivity contribution in [1.82, 2.24) is 4.57 Å². The number of fused-ring (bicyclic) bond motifs is 1. The Balaban J connectivity index is 1.91. The minimum absolute atomic E-state index is 0.0564. The Morgan fingerprint density at radius 1 is 1.28 bits per heavy atom. The van der Waals surface area contributed by atoms with Gasteiger partial charge in [-0.2, -0.15) is 0 Å². The van der Waals surface area contributed by atoms with Gasteiger partial charge in [0, 0.05) is 24.4 Å². The van der Waals surface area contributed by atoms with Crippen molar-refractivity contribution in [2.75, 3.05) is 29.5 Å². The third kappa shape index (κ3) is 4.73. The third-order valence-corrected chi connectivity index (χ3v) is 6.67. The van der Waals surface area contributed by atoms with Crippen LogP contribution in [0.1, 0.15) is 6.92 Å². The van der Waals surface area contributed by atoms with E-state index in [1.165, 1.54) is 19.2 Å². The number of hydrogen-bond acceptors (Lipinski definition) is 8. The number of methoxy groups -OCH3 is 1. The lowest BCUT2D eigenvalue weighted by molar-refractivity contribution is -0.384. The number of non-ortho nitro benzene ring substituents is 1. The van der Waals surface area contributed by atoms with Crippen molar-refractivity contribution in [2.24, 2.45) is 0 Å². The van der Waals surface area contributed by atoms with Crippen LogP contribution in [0.15, 0.2) is 41.2 Å². The van der Waals surface area contributed by atoms with E-state index in [9.17, 15) is 28.1 Å². The maximum atomic E-state index is 12.7. The predicted molar refractivity (Wildman–Crippen MR) is 122 cm³/mol. The van der Waals surface area contributed by atoms with E-state index >= 15 is 0 Å². The van der Waals surface area contributed by atoms with Gasteiger partial charge in [0.1, 0.15) is 18.0 Å². The molecule has 0 saturated carbocycles. The van der Waals surface area contributed by atoms with Crippen molar-refractivity contribution >= 4 is 54.5 Å². The number of carbonyl (C=O) groups excluding carboxylic acids is 1. The summed E-state index contributed by atoms with van der Waals surface area (Å²) in [4.78, 5) is 35.0. The number of aryl methyl sites for hydroxylation is 1. The first-order valence-corrected chi connectivity index (χ1v) is 11.9. The SMILES string of the molecule is CCn1c(=O)sc2cc(NC(=O)CN(c3cc([N+](=O)[O-])ccc3OC)S(C)(=O)=O)ccc21. The van der Waals surface area contributed by atoms with Gasteiger partial charge in [-0.3, -0.25) is 28.6 Å². The fraction of sp³-hybridized carbons (Fsp3) is 0.263. The molecular formula is C19H20N4O7S2. The van der Waals surface area contributed by atoms with Crippen molar-refractivity contribution in [3.8, 4) is 5.75 Å². The summed E-state index contributed by atoms with van der Waals surface area (Å²) in [6.45, 7) is 1.73. The first kappa shape index (κ1) is 23.2.